The van der Waals surface area contributed by atoms with Gasteiger partial charge in [-0.1, -0.05) is 55.4 Å². The van der Waals surface area contributed by atoms with Gasteiger partial charge in [-0.25, -0.2) is 0 Å². The molecule has 0 N–H and O–H groups in total. The topological polar surface area (TPSA) is 54.0 Å². The van der Waals surface area contributed by atoms with Crippen LogP contribution in [0, 0.1) is 17.8 Å². The maximum atomic E-state index is 12.4. The van der Waals surface area contributed by atoms with E-state index in [9.17, 15) is 4.79 Å². The highest BCUT2D eigenvalue weighted by molar-refractivity contribution is 6.74. The van der Waals surface area contributed by atoms with Crippen LogP contribution in [0.5, 0.6) is 0 Å². The number of hydrogen-bond acceptors (Lipinski definition) is 5. The molecule has 0 bridgehead atoms. The summed E-state index contributed by atoms with van der Waals surface area (Å²) in [6.45, 7) is 29.9. The second kappa shape index (κ2) is 11.3. The first-order valence-corrected chi connectivity index (χ1v) is 19.8. The zero-order chi connectivity index (χ0) is 27.0. The average molecular weight is 529 g/mol. The maximum absolute atomic E-state index is 12.4. The van der Waals surface area contributed by atoms with Crippen molar-refractivity contribution in [1.82, 2.24) is 0 Å². The van der Waals surface area contributed by atoms with Crippen LogP contribution < -0.4 is 0 Å². The third kappa shape index (κ3) is 8.13. The Bertz CT molecular complexity index is 709. The van der Waals surface area contributed by atoms with Gasteiger partial charge in [0.05, 0.1) is 37.4 Å². The maximum Gasteiger partial charge on any atom is 0.308 e. The van der Waals surface area contributed by atoms with Gasteiger partial charge in [-0.3, -0.25) is 4.79 Å². The van der Waals surface area contributed by atoms with Crippen molar-refractivity contribution in [3.8, 4) is 0 Å². The zero-order valence-electron chi connectivity index (χ0n) is 25.1. The minimum absolute atomic E-state index is 0.0305. The lowest BCUT2D eigenvalue weighted by atomic mass is 9.87. The van der Waals surface area contributed by atoms with E-state index >= 15 is 0 Å². The fourth-order valence-electron chi connectivity index (χ4n) is 4.61. The number of esters is 1. The van der Waals surface area contributed by atoms with E-state index in [1.54, 1.807) is 0 Å². The first kappa shape index (κ1) is 31.0. The van der Waals surface area contributed by atoms with Crippen molar-refractivity contribution in [2.24, 2.45) is 17.8 Å². The van der Waals surface area contributed by atoms with Gasteiger partial charge in [-0.15, -0.1) is 0 Å². The van der Waals surface area contributed by atoms with Crippen molar-refractivity contribution < 1.29 is 23.1 Å². The van der Waals surface area contributed by atoms with Crippen LogP contribution in [-0.4, -0.2) is 53.6 Å². The molecule has 206 valence electrons. The van der Waals surface area contributed by atoms with Crippen LogP contribution in [0.15, 0.2) is 0 Å². The van der Waals surface area contributed by atoms with Gasteiger partial charge in [0, 0.05) is 5.92 Å². The van der Waals surface area contributed by atoms with Gasteiger partial charge in [0.25, 0.3) is 0 Å². The summed E-state index contributed by atoms with van der Waals surface area (Å²) in [6, 6.07) is 0. The molecular weight excluding hydrogens is 472 g/mol. The summed E-state index contributed by atoms with van der Waals surface area (Å²) in [6.07, 6.45) is 3.40. The predicted octanol–water partition coefficient (Wildman–Crippen LogP) is 7.56. The molecule has 0 amide bonds. The third-order valence-electron chi connectivity index (χ3n) is 9.36. The van der Waals surface area contributed by atoms with E-state index in [1.807, 2.05) is 6.92 Å². The van der Waals surface area contributed by atoms with Crippen molar-refractivity contribution >= 4 is 22.6 Å². The summed E-state index contributed by atoms with van der Waals surface area (Å²) < 4.78 is 25.9. The Morgan fingerprint density at radius 1 is 0.971 bits per heavy atom. The first-order chi connectivity index (χ1) is 15.8. The molecular formula is C28H56O5Si2. The Balaban J connectivity index is 2.26. The molecule has 2 fully saturated rings. The highest BCUT2D eigenvalue weighted by Crippen LogP contribution is 2.48. The minimum atomic E-state index is -1.97. The fraction of sp³-hybridized carbons (Fsp3) is 0.964. The van der Waals surface area contributed by atoms with Crippen LogP contribution in [0.1, 0.15) is 88.0 Å². The van der Waals surface area contributed by atoms with Gasteiger partial charge in [-0.2, -0.15) is 0 Å². The summed E-state index contributed by atoms with van der Waals surface area (Å²) in [5.74, 6) is 1.28. The normalized spacial score (nSPS) is 31.2. The van der Waals surface area contributed by atoms with E-state index in [1.165, 1.54) is 6.42 Å². The van der Waals surface area contributed by atoms with Crippen molar-refractivity contribution in [2.75, 3.05) is 6.61 Å². The second-order valence-electron chi connectivity index (χ2n) is 14.3. The molecule has 7 atom stereocenters. The largest absolute Gasteiger partial charge is 0.466 e. The molecule has 0 unspecified atom stereocenters. The van der Waals surface area contributed by atoms with Gasteiger partial charge in [-0.05, 0) is 74.3 Å². The van der Waals surface area contributed by atoms with Crippen LogP contribution in [0.25, 0.3) is 0 Å². The SMILES string of the molecule is CCOC(=O)C[C@@H]1O[C@H](C[C@H](O[Si](C)(C)C(C)(C)C)[C@H]2C[C@@H]2C)C[C@H](O[Si](C)(C)C(C)(C)C)[C@H]1C. The Hall–Kier alpha value is -0.216. The van der Waals surface area contributed by atoms with E-state index in [-0.39, 0.29) is 52.8 Å². The van der Waals surface area contributed by atoms with Crippen LogP contribution in [0.4, 0.5) is 0 Å². The quantitative estimate of drug-likeness (QED) is 0.216. The summed E-state index contributed by atoms with van der Waals surface area (Å²) in [7, 11) is -3.87. The van der Waals surface area contributed by atoms with E-state index in [0.717, 1.165) is 12.8 Å². The predicted molar refractivity (Wildman–Crippen MR) is 150 cm³/mol. The van der Waals surface area contributed by atoms with Gasteiger partial charge in [0.15, 0.2) is 16.6 Å². The number of carbonyl (C=O) groups excluding carboxylic acids is 1. The standard InChI is InChI=1S/C28H56O5Si2/c1-14-30-26(29)18-23-20(3)24(32-34(10,11)27(4,5)6)16-21(31-23)17-25(22-15-19(22)2)33-35(12,13)28(7,8)9/h19-25H,14-18H2,1-13H3/t19-,20-,21-,22-,23-,24-,25-/m0/s1. The number of hydrogen-bond donors (Lipinski definition) is 0. The zero-order valence-corrected chi connectivity index (χ0v) is 27.1. The Morgan fingerprint density at radius 3 is 1.97 bits per heavy atom. The molecule has 2 rings (SSSR count). The lowest BCUT2D eigenvalue weighted by molar-refractivity contribution is -0.162. The van der Waals surface area contributed by atoms with Crippen LogP contribution >= 0.6 is 0 Å². The minimum Gasteiger partial charge on any atom is -0.466 e. The molecule has 5 nitrogen and oxygen atoms in total. The first-order valence-electron chi connectivity index (χ1n) is 14.0. The van der Waals surface area contributed by atoms with E-state index in [0.29, 0.717) is 18.4 Å². The third-order valence-corrected chi connectivity index (χ3v) is 18.4. The summed E-state index contributed by atoms with van der Waals surface area (Å²) in [4.78, 5) is 12.4. The van der Waals surface area contributed by atoms with Gasteiger partial charge >= 0.3 is 5.97 Å². The monoisotopic (exact) mass is 528 g/mol. The lowest BCUT2D eigenvalue weighted by Crippen LogP contribution is -2.53. The van der Waals surface area contributed by atoms with Crippen molar-refractivity contribution in [3.05, 3.63) is 0 Å². The summed E-state index contributed by atoms with van der Waals surface area (Å²) in [5.41, 5.74) is 0. The smallest absolute Gasteiger partial charge is 0.308 e. The Morgan fingerprint density at radius 2 is 1.51 bits per heavy atom. The molecule has 1 heterocycles. The molecule has 1 saturated heterocycles. The molecule has 35 heavy (non-hydrogen) atoms. The molecule has 0 aromatic carbocycles. The van der Waals surface area contributed by atoms with Crippen LogP contribution in [0.3, 0.4) is 0 Å². The van der Waals surface area contributed by atoms with Crippen molar-refractivity contribution in [2.45, 2.75) is 149 Å². The van der Waals surface area contributed by atoms with Gasteiger partial charge < -0.3 is 18.3 Å². The number of ether oxygens (including phenoxy) is 2. The highest BCUT2D eigenvalue weighted by Gasteiger charge is 2.49. The van der Waals surface area contributed by atoms with Crippen molar-refractivity contribution in [3.63, 3.8) is 0 Å². The molecule has 2 aliphatic rings. The van der Waals surface area contributed by atoms with E-state index < -0.39 is 16.6 Å². The lowest BCUT2D eigenvalue weighted by Gasteiger charge is -2.47. The molecule has 1 aliphatic heterocycles. The summed E-state index contributed by atoms with van der Waals surface area (Å²) in [5, 5.41) is 0.306. The molecule has 0 spiro atoms. The van der Waals surface area contributed by atoms with Gasteiger partial charge in [0.2, 0.25) is 0 Å². The van der Waals surface area contributed by atoms with Crippen molar-refractivity contribution in [1.29, 1.82) is 0 Å². The number of carbonyl (C=O) groups is 1. The molecule has 0 aromatic heterocycles. The Labute approximate surface area is 218 Å². The molecule has 1 aliphatic carbocycles. The van der Waals surface area contributed by atoms with Crippen LogP contribution in [-0.2, 0) is 23.1 Å². The molecule has 7 heteroatoms. The molecule has 0 aromatic rings. The Kier molecular flexibility index (Phi) is 9.98. The van der Waals surface area contributed by atoms with E-state index in [4.69, 9.17) is 18.3 Å². The summed E-state index contributed by atoms with van der Waals surface area (Å²) >= 11 is 0. The fourth-order valence-corrected chi connectivity index (χ4v) is 7.42. The second-order valence-corrected chi connectivity index (χ2v) is 23.9. The van der Waals surface area contributed by atoms with Crippen LogP contribution in [0.2, 0.25) is 36.3 Å². The average Bonchev–Trinajstić information content (AvgIpc) is 3.39. The molecule has 1 saturated carbocycles. The highest BCUT2D eigenvalue weighted by atomic mass is 28.4. The number of rotatable bonds is 10. The molecule has 0 radical (unpaired) electrons. The van der Waals surface area contributed by atoms with E-state index in [2.05, 4.69) is 81.6 Å². The van der Waals surface area contributed by atoms with Gasteiger partial charge in [0.1, 0.15) is 0 Å².